The molecule has 2 aliphatic heterocycles. The topological polar surface area (TPSA) is 64.4 Å². The highest BCUT2D eigenvalue weighted by Gasteiger charge is 2.43. The van der Waals surface area contributed by atoms with Gasteiger partial charge in [-0.15, -0.1) is 0 Å². The van der Waals surface area contributed by atoms with Gasteiger partial charge in [0.1, 0.15) is 23.7 Å². The molecule has 0 bridgehead atoms. The van der Waals surface area contributed by atoms with Gasteiger partial charge in [-0.1, -0.05) is 37.6 Å². The van der Waals surface area contributed by atoms with E-state index in [0.29, 0.717) is 43.7 Å². The van der Waals surface area contributed by atoms with Gasteiger partial charge in [-0.2, -0.15) is 0 Å². The van der Waals surface area contributed by atoms with Crippen LogP contribution in [0.4, 0.5) is 0 Å². The number of amides is 1. The van der Waals surface area contributed by atoms with E-state index in [2.05, 4.69) is 13.8 Å². The molecule has 1 amide bonds. The van der Waals surface area contributed by atoms with E-state index in [1.165, 1.54) is 0 Å². The number of piperidine rings is 1. The monoisotopic (exact) mass is 431 g/mol. The average Bonchev–Trinajstić information content (AvgIpc) is 3.14. The van der Waals surface area contributed by atoms with Gasteiger partial charge in [-0.05, 0) is 31.2 Å². The Bertz CT molecular complexity index is 1200. The number of ketones is 1. The van der Waals surface area contributed by atoms with Gasteiger partial charge in [0.15, 0.2) is 5.78 Å². The molecule has 6 nitrogen and oxygen atoms in total. The van der Waals surface area contributed by atoms with Crippen molar-refractivity contribution in [1.82, 2.24) is 14.5 Å². The van der Waals surface area contributed by atoms with Crippen molar-refractivity contribution in [3.63, 3.8) is 0 Å². The number of hydrogen-bond donors (Lipinski definition) is 0. The van der Waals surface area contributed by atoms with Crippen molar-refractivity contribution in [3.05, 3.63) is 59.4 Å². The summed E-state index contributed by atoms with van der Waals surface area (Å²) < 4.78 is 8.40. The van der Waals surface area contributed by atoms with E-state index in [1.54, 1.807) is 0 Å². The highest BCUT2D eigenvalue weighted by atomic mass is 16.5. The first-order valence-electron chi connectivity index (χ1n) is 11.4. The van der Waals surface area contributed by atoms with Crippen molar-refractivity contribution >= 4 is 22.7 Å². The van der Waals surface area contributed by atoms with Gasteiger partial charge >= 0.3 is 0 Å². The Morgan fingerprint density at radius 2 is 1.91 bits per heavy atom. The smallest absolute Gasteiger partial charge is 0.242 e. The molecule has 3 heterocycles. The van der Waals surface area contributed by atoms with Crippen molar-refractivity contribution in [2.75, 3.05) is 13.1 Å². The van der Waals surface area contributed by atoms with Crippen LogP contribution < -0.4 is 4.74 Å². The van der Waals surface area contributed by atoms with Crippen LogP contribution in [0.1, 0.15) is 60.8 Å². The summed E-state index contributed by atoms with van der Waals surface area (Å²) >= 11 is 0. The number of fused-ring (bicyclic) bond motifs is 2. The molecule has 0 atom stereocenters. The molecule has 0 N–H and O–H groups in total. The number of aromatic nitrogens is 2. The third-order valence-electron chi connectivity index (χ3n) is 6.77. The first-order chi connectivity index (χ1) is 15.3. The fourth-order valence-corrected chi connectivity index (χ4v) is 4.99. The van der Waals surface area contributed by atoms with Crippen LogP contribution in [-0.2, 0) is 11.3 Å². The number of aryl methyl sites for hydroxylation is 1. The second-order valence-electron chi connectivity index (χ2n) is 9.46. The third kappa shape index (κ3) is 3.57. The van der Waals surface area contributed by atoms with Crippen LogP contribution in [0.3, 0.4) is 0 Å². The SMILES string of the molecule is Cc1ccc2c(c1)C(=O)CC1(CCN(C(=O)Cn3c(C(C)C)nc4ccccc43)CC1)O2. The summed E-state index contributed by atoms with van der Waals surface area (Å²) in [5.41, 5.74) is 3.16. The second kappa shape index (κ2) is 7.76. The van der Waals surface area contributed by atoms with Gasteiger partial charge in [0.2, 0.25) is 5.91 Å². The predicted molar refractivity (Wildman–Crippen MR) is 123 cm³/mol. The summed E-state index contributed by atoms with van der Waals surface area (Å²) in [5, 5.41) is 0. The predicted octanol–water partition coefficient (Wildman–Crippen LogP) is 4.49. The van der Waals surface area contributed by atoms with Gasteiger partial charge in [0, 0.05) is 31.8 Å². The fourth-order valence-electron chi connectivity index (χ4n) is 4.99. The molecule has 0 unspecified atom stereocenters. The van der Waals surface area contributed by atoms with Gasteiger partial charge in [0.25, 0.3) is 0 Å². The van der Waals surface area contributed by atoms with Crippen molar-refractivity contribution in [1.29, 1.82) is 0 Å². The molecule has 1 aromatic heterocycles. The van der Waals surface area contributed by atoms with E-state index in [0.717, 1.165) is 22.4 Å². The quantitative estimate of drug-likeness (QED) is 0.613. The molecule has 2 aromatic carbocycles. The molecule has 0 radical (unpaired) electrons. The van der Waals surface area contributed by atoms with Crippen molar-refractivity contribution < 1.29 is 14.3 Å². The number of Topliss-reactive ketones (excluding diaryl/α,β-unsaturated/α-hetero) is 1. The van der Waals surface area contributed by atoms with Gasteiger partial charge < -0.3 is 14.2 Å². The summed E-state index contributed by atoms with van der Waals surface area (Å²) in [6.45, 7) is 7.65. The molecule has 1 saturated heterocycles. The van der Waals surface area contributed by atoms with E-state index in [1.807, 2.05) is 58.9 Å². The number of carbonyl (C=O) groups excluding carboxylic acids is 2. The standard InChI is InChI=1S/C26H29N3O3/c1-17(2)25-27-20-6-4-5-7-21(20)29(25)16-24(31)28-12-10-26(11-13-28)15-22(30)19-14-18(3)8-9-23(19)32-26/h4-9,14,17H,10-13,15-16H2,1-3H3. The lowest BCUT2D eigenvalue weighted by atomic mass is 9.82. The van der Waals surface area contributed by atoms with E-state index < -0.39 is 5.60 Å². The lowest BCUT2D eigenvalue weighted by Gasteiger charge is -2.44. The van der Waals surface area contributed by atoms with Crippen LogP contribution >= 0.6 is 0 Å². The molecule has 32 heavy (non-hydrogen) atoms. The average molecular weight is 432 g/mol. The molecule has 166 valence electrons. The zero-order valence-corrected chi connectivity index (χ0v) is 18.9. The van der Waals surface area contributed by atoms with E-state index >= 15 is 0 Å². The summed E-state index contributed by atoms with van der Waals surface area (Å²) in [4.78, 5) is 32.7. The van der Waals surface area contributed by atoms with E-state index in [4.69, 9.17) is 9.72 Å². The lowest BCUT2D eigenvalue weighted by Crippen LogP contribution is -2.52. The van der Waals surface area contributed by atoms with Crippen LogP contribution in [0.5, 0.6) is 5.75 Å². The molecule has 6 heteroatoms. The number of imidazole rings is 1. The summed E-state index contributed by atoms with van der Waals surface area (Å²) in [6, 6.07) is 13.8. The fraction of sp³-hybridized carbons (Fsp3) is 0.423. The minimum Gasteiger partial charge on any atom is -0.486 e. The molecule has 0 aliphatic carbocycles. The largest absolute Gasteiger partial charge is 0.486 e. The van der Waals surface area contributed by atoms with Crippen molar-refractivity contribution in [3.8, 4) is 5.75 Å². The minimum absolute atomic E-state index is 0.0862. The third-order valence-corrected chi connectivity index (χ3v) is 6.77. The molecule has 2 aliphatic rings. The zero-order chi connectivity index (χ0) is 22.5. The van der Waals surface area contributed by atoms with Crippen LogP contribution in [0, 0.1) is 6.92 Å². The molecule has 1 spiro atoms. The minimum atomic E-state index is -0.499. The zero-order valence-electron chi connectivity index (χ0n) is 18.9. The van der Waals surface area contributed by atoms with Crippen LogP contribution in [0.15, 0.2) is 42.5 Å². The highest BCUT2D eigenvalue weighted by molar-refractivity contribution is 6.00. The molecular weight excluding hydrogens is 402 g/mol. The summed E-state index contributed by atoms with van der Waals surface area (Å²) in [6.07, 6.45) is 1.72. The molecular formula is C26H29N3O3. The first-order valence-corrected chi connectivity index (χ1v) is 11.4. The van der Waals surface area contributed by atoms with Crippen molar-refractivity contribution in [2.24, 2.45) is 0 Å². The number of nitrogens with zero attached hydrogens (tertiary/aromatic N) is 3. The Morgan fingerprint density at radius 3 is 2.66 bits per heavy atom. The Labute approximate surface area is 188 Å². The van der Waals surface area contributed by atoms with Gasteiger partial charge in [-0.25, -0.2) is 4.98 Å². The Hall–Kier alpha value is -3.15. The van der Waals surface area contributed by atoms with Gasteiger partial charge in [-0.3, -0.25) is 9.59 Å². The van der Waals surface area contributed by atoms with Crippen molar-refractivity contribution in [2.45, 2.75) is 58.1 Å². The van der Waals surface area contributed by atoms with Crippen LogP contribution in [0.2, 0.25) is 0 Å². The number of carbonyl (C=O) groups is 2. The second-order valence-corrected chi connectivity index (χ2v) is 9.46. The number of ether oxygens (including phenoxy) is 1. The summed E-state index contributed by atoms with van der Waals surface area (Å²) in [7, 11) is 0. The number of rotatable bonds is 3. The molecule has 3 aromatic rings. The van der Waals surface area contributed by atoms with Crippen LogP contribution in [0.25, 0.3) is 11.0 Å². The first kappa shape index (κ1) is 20.7. The Balaban J connectivity index is 1.31. The maximum Gasteiger partial charge on any atom is 0.242 e. The number of benzene rings is 2. The van der Waals surface area contributed by atoms with Gasteiger partial charge in [0.05, 0.1) is 23.0 Å². The van der Waals surface area contributed by atoms with E-state index in [9.17, 15) is 9.59 Å². The maximum atomic E-state index is 13.2. The number of para-hydroxylation sites is 2. The number of hydrogen-bond acceptors (Lipinski definition) is 4. The van der Waals surface area contributed by atoms with E-state index in [-0.39, 0.29) is 24.2 Å². The Morgan fingerprint density at radius 1 is 1.16 bits per heavy atom. The lowest BCUT2D eigenvalue weighted by molar-refractivity contribution is -0.135. The van der Waals surface area contributed by atoms with Crippen LogP contribution in [-0.4, -0.2) is 44.8 Å². The highest BCUT2D eigenvalue weighted by Crippen LogP contribution is 2.39. The molecule has 5 rings (SSSR count). The molecule has 1 fully saturated rings. The normalized spacial score (nSPS) is 17.6. The number of likely N-dealkylation sites (tertiary alicyclic amines) is 1. The summed E-state index contributed by atoms with van der Waals surface area (Å²) in [5.74, 6) is 2.06. The Kier molecular flexibility index (Phi) is 5.03. The molecule has 0 saturated carbocycles. The maximum absolute atomic E-state index is 13.2.